The van der Waals surface area contributed by atoms with Crippen molar-refractivity contribution < 1.29 is 14.6 Å². The van der Waals surface area contributed by atoms with Crippen molar-refractivity contribution in [3.8, 4) is 6.07 Å². The third-order valence-corrected chi connectivity index (χ3v) is 3.43. The lowest BCUT2D eigenvalue weighted by atomic mass is 10.1. The average molecular weight is 383 g/mol. The summed E-state index contributed by atoms with van der Waals surface area (Å²) in [5.74, 6) is -1.21. The highest BCUT2D eigenvalue weighted by molar-refractivity contribution is 6.03. The zero-order chi connectivity index (χ0) is 20.3. The van der Waals surface area contributed by atoms with E-state index in [4.69, 9.17) is 5.26 Å². The van der Waals surface area contributed by atoms with Crippen LogP contribution in [0.2, 0.25) is 0 Å². The van der Waals surface area contributed by atoms with Gasteiger partial charge in [0.05, 0.1) is 16.2 Å². The lowest BCUT2D eigenvalue weighted by Gasteiger charge is -2.05. The van der Waals surface area contributed by atoms with E-state index in [-0.39, 0.29) is 29.3 Å². The van der Waals surface area contributed by atoms with Crippen molar-refractivity contribution >= 4 is 23.2 Å². The molecule has 2 aromatic heterocycles. The molecule has 0 aliphatic heterocycles. The van der Waals surface area contributed by atoms with Crippen molar-refractivity contribution in [2.24, 2.45) is 0 Å². The van der Waals surface area contributed by atoms with Gasteiger partial charge in [0.25, 0.3) is 11.6 Å². The van der Waals surface area contributed by atoms with Crippen LogP contribution in [0, 0.1) is 31.6 Å². The highest BCUT2D eigenvalue weighted by Gasteiger charge is 2.17. The Balaban J connectivity index is 1.73. The number of nitrogens with zero attached hydrogens (tertiary/aromatic N) is 8. The summed E-state index contributed by atoms with van der Waals surface area (Å²) in [6, 6.07) is 6.62. The summed E-state index contributed by atoms with van der Waals surface area (Å²) in [6.07, 6.45) is 2.60. The van der Waals surface area contributed by atoms with Gasteiger partial charge in [-0.25, -0.2) is 4.68 Å². The maximum Gasteiger partial charge on any atom is 0.491 e. The Hall–Kier alpha value is -4.67. The number of amides is 1. The van der Waals surface area contributed by atoms with Crippen LogP contribution < -0.4 is 5.32 Å². The molecule has 0 unspecified atom stereocenters. The third kappa shape index (κ3) is 3.77. The van der Waals surface area contributed by atoms with Gasteiger partial charge in [-0.2, -0.15) is 15.0 Å². The van der Waals surface area contributed by atoms with Crippen molar-refractivity contribution in [1.82, 2.24) is 24.5 Å². The van der Waals surface area contributed by atoms with E-state index in [1.165, 1.54) is 23.0 Å². The number of carbonyl (C=O) groups is 1. The summed E-state index contributed by atoms with van der Waals surface area (Å²) in [7, 11) is 0. The van der Waals surface area contributed by atoms with Gasteiger partial charge >= 0.3 is 5.95 Å². The zero-order valence-electron chi connectivity index (χ0n) is 13.8. The van der Waals surface area contributed by atoms with Crippen molar-refractivity contribution in [1.29, 1.82) is 5.26 Å². The highest BCUT2D eigenvalue weighted by Crippen LogP contribution is 2.21. The normalized spacial score (nSPS) is 10.2. The van der Waals surface area contributed by atoms with Crippen molar-refractivity contribution in [3.63, 3.8) is 0 Å². The van der Waals surface area contributed by atoms with E-state index in [9.17, 15) is 25.0 Å². The van der Waals surface area contributed by atoms with Gasteiger partial charge in [-0.05, 0) is 17.1 Å². The Bertz CT molecular complexity index is 1130. The molecule has 0 aliphatic rings. The molecule has 0 saturated heterocycles. The minimum Gasteiger partial charge on any atom is -0.390 e. The maximum atomic E-state index is 12.3. The number of anilines is 1. The monoisotopic (exact) mass is 383 g/mol. The standard InChI is InChI=1S/C14H9N9O5/c15-6-9-5-10(22(25)26)1-2-11(9)17-13(24)12-3-4-20(18-12)8-21-7-16-14(19-21)23(27)28/h1-5,7H,8H2,(H,17,24). The van der Waals surface area contributed by atoms with Gasteiger partial charge in [0.15, 0.2) is 12.4 Å². The van der Waals surface area contributed by atoms with Crippen LogP contribution in [-0.2, 0) is 6.67 Å². The Kier molecular flexibility index (Phi) is 4.72. The second kappa shape index (κ2) is 7.29. The number of rotatable bonds is 6. The number of non-ortho nitro benzene ring substituents is 1. The molecule has 0 saturated carbocycles. The van der Waals surface area contributed by atoms with Crippen LogP contribution in [0.25, 0.3) is 0 Å². The predicted octanol–water partition coefficient (Wildman–Crippen LogP) is 0.921. The molecule has 0 spiro atoms. The number of hydrogen-bond acceptors (Lipinski definition) is 9. The van der Waals surface area contributed by atoms with Crippen LogP contribution in [0.3, 0.4) is 0 Å². The van der Waals surface area contributed by atoms with Gasteiger partial charge in [0.1, 0.15) is 6.07 Å². The fraction of sp³-hybridized carbons (Fsp3) is 0.0714. The molecular formula is C14H9N9O5. The SMILES string of the molecule is N#Cc1cc([N+](=O)[O-])ccc1NC(=O)c1ccn(Cn2cnc([N+](=O)[O-])n2)n1. The minimum absolute atomic E-state index is 0.00291. The molecule has 3 aromatic rings. The van der Waals surface area contributed by atoms with Crippen molar-refractivity contribution in [2.45, 2.75) is 6.67 Å². The summed E-state index contributed by atoms with van der Waals surface area (Å²) in [5.41, 5.74) is -0.255. The first kappa shape index (κ1) is 18.1. The number of nitro groups is 2. The van der Waals surface area contributed by atoms with E-state index in [1.54, 1.807) is 6.07 Å². The second-order valence-corrected chi connectivity index (χ2v) is 5.28. The predicted molar refractivity (Wildman–Crippen MR) is 90.1 cm³/mol. The summed E-state index contributed by atoms with van der Waals surface area (Å²) in [6.45, 7) is -0.0188. The third-order valence-electron chi connectivity index (χ3n) is 3.43. The van der Waals surface area contributed by atoms with Gasteiger partial charge < -0.3 is 15.4 Å². The van der Waals surface area contributed by atoms with Gasteiger partial charge in [-0.3, -0.25) is 14.9 Å². The molecule has 1 aromatic carbocycles. The highest BCUT2D eigenvalue weighted by atomic mass is 16.6. The van der Waals surface area contributed by atoms with E-state index >= 15 is 0 Å². The Morgan fingerprint density at radius 3 is 2.61 bits per heavy atom. The number of benzene rings is 1. The smallest absolute Gasteiger partial charge is 0.390 e. The molecule has 0 bridgehead atoms. The van der Waals surface area contributed by atoms with E-state index in [0.29, 0.717) is 0 Å². The first-order valence-electron chi connectivity index (χ1n) is 7.44. The Labute approximate surface area is 154 Å². The van der Waals surface area contributed by atoms with Gasteiger partial charge in [0.2, 0.25) is 6.33 Å². The van der Waals surface area contributed by atoms with Crippen LogP contribution >= 0.6 is 0 Å². The fourth-order valence-electron chi connectivity index (χ4n) is 2.18. The van der Waals surface area contributed by atoms with E-state index < -0.39 is 21.7 Å². The van der Waals surface area contributed by atoms with Crippen LogP contribution in [0.15, 0.2) is 36.8 Å². The van der Waals surface area contributed by atoms with E-state index in [1.807, 2.05) is 0 Å². The second-order valence-electron chi connectivity index (χ2n) is 5.28. The molecule has 1 amide bonds. The molecular weight excluding hydrogens is 374 g/mol. The Morgan fingerprint density at radius 2 is 1.96 bits per heavy atom. The molecule has 1 N–H and O–H groups in total. The number of nitrogens with one attached hydrogen (secondary N) is 1. The number of nitriles is 1. The van der Waals surface area contributed by atoms with Crippen molar-refractivity contribution in [3.05, 3.63) is 68.3 Å². The van der Waals surface area contributed by atoms with E-state index in [2.05, 4.69) is 20.5 Å². The fourth-order valence-corrected chi connectivity index (χ4v) is 2.18. The molecule has 3 rings (SSSR count). The number of nitro benzene ring substituents is 1. The molecule has 28 heavy (non-hydrogen) atoms. The molecule has 0 radical (unpaired) electrons. The molecule has 140 valence electrons. The first-order valence-corrected chi connectivity index (χ1v) is 7.44. The number of hydrogen-bond donors (Lipinski definition) is 1. The maximum absolute atomic E-state index is 12.3. The topological polar surface area (TPSA) is 188 Å². The molecule has 14 heteroatoms. The van der Waals surface area contributed by atoms with Gasteiger partial charge in [-0.15, -0.1) is 0 Å². The van der Waals surface area contributed by atoms with Crippen molar-refractivity contribution in [2.75, 3.05) is 5.32 Å². The molecule has 0 fully saturated rings. The Morgan fingerprint density at radius 1 is 1.18 bits per heavy atom. The molecule has 14 nitrogen and oxygen atoms in total. The molecule has 2 heterocycles. The lowest BCUT2D eigenvalue weighted by Crippen LogP contribution is -2.15. The summed E-state index contributed by atoms with van der Waals surface area (Å²) in [4.78, 5) is 35.8. The summed E-state index contributed by atoms with van der Waals surface area (Å²) in [5, 5.41) is 40.5. The molecule has 0 atom stereocenters. The van der Waals surface area contributed by atoms with E-state index in [0.717, 1.165) is 23.1 Å². The summed E-state index contributed by atoms with van der Waals surface area (Å²) >= 11 is 0. The minimum atomic E-state index is -0.741. The zero-order valence-corrected chi connectivity index (χ0v) is 13.8. The number of carbonyl (C=O) groups excluding carboxylic acids is 1. The quantitative estimate of drug-likeness (QED) is 0.476. The first-order chi connectivity index (χ1) is 13.4. The van der Waals surface area contributed by atoms with Crippen LogP contribution in [0.5, 0.6) is 0 Å². The van der Waals surface area contributed by atoms with Crippen LogP contribution in [-0.4, -0.2) is 40.3 Å². The van der Waals surface area contributed by atoms with Gasteiger partial charge in [-0.1, -0.05) is 4.98 Å². The lowest BCUT2D eigenvalue weighted by molar-refractivity contribution is -0.394. The number of aromatic nitrogens is 5. The summed E-state index contributed by atoms with van der Waals surface area (Å²) < 4.78 is 2.46. The molecule has 0 aliphatic carbocycles. The van der Waals surface area contributed by atoms with Crippen LogP contribution in [0.1, 0.15) is 16.1 Å². The average Bonchev–Trinajstić information content (AvgIpc) is 3.32. The van der Waals surface area contributed by atoms with Gasteiger partial charge in [0, 0.05) is 23.4 Å². The largest absolute Gasteiger partial charge is 0.491 e. The van der Waals surface area contributed by atoms with Crippen LogP contribution in [0.4, 0.5) is 17.3 Å².